The molecule has 1 aliphatic heterocycles. The number of piperidine rings is 1. The van der Waals surface area contributed by atoms with Gasteiger partial charge in [-0.1, -0.05) is 18.6 Å². The first-order valence-electron chi connectivity index (χ1n) is 7.47. The second-order valence-corrected chi connectivity index (χ2v) is 6.06. The molecule has 3 atom stereocenters. The molecule has 1 saturated heterocycles. The summed E-state index contributed by atoms with van der Waals surface area (Å²) in [5, 5.41) is 0. The first-order chi connectivity index (χ1) is 9.79. The van der Waals surface area contributed by atoms with Crippen LogP contribution in [0.4, 0.5) is 13.2 Å². The highest BCUT2D eigenvalue weighted by atomic mass is 19.4. The second kappa shape index (κ2) is 6.36. The normalized spacial score (nSPS) is 25.8. The predicted octanol–water partition coefficient (Wildman–Crippen LogP) is 3.97. The van der Waals surface area contributed by atoms with Crippen molar-refractivity contribution in [1.29, 1.82) is 0 Å². The summed E-state index contributed by atoms with van der Waals surface area (Å²) in [5.74, 6) is 0. The summed E-state index contributed by atoms with van der Waals surface area (Å²) in [5.41, 5.74) is 6.07. The van der Waals surface area contributed by atoms with Gasteiger partial charge in [0.05, 0.1) is 5.56 Å². The van der Waals surface area contributed by atoms with E-state index in [0.717, 1.165) is 18.9 Å². The molecule has 1 aliphatic rings. The van der Waals surface area contributed by atoms with E-state index < -0.39 is 17.8 Å². The van der Waals surface area contributed by atoms with E-state index in [1.807, 2.05) is 0 Å². The van der Waals surface area contributed by atoms with Crippen LogP contribution in [0.3, 0.4) is 0 Å². The molecule has 3 unspecified atom stereocenters. The van der Waals surface area contributed by atoms with Crippen molar-refractivity contribution in [3.8, 4) is 0 Å². The van der Waals surface area contributed by atoms with Crippen LogP contribution in [-0.2, 0) is 6.18 Å². The summed E-state index contributed by atoms with van der Waals surface area (Å²) >= 11 is 0. The van der Waals surface area contributed by atoms with Crippen LogP contribution in [0.5, 0.6) is 0 Å². The van der Waals surface area contributed by atoms with Crippen LogP contribution >= 0.6 is 0 Å². The average Bonchev–Trinajstić information content (AvgIpc) is 2.42. The van der Waals surface area contributed by atoms with Gasteiger partial charge in [-0.3, -0.25) is 4.90 Å². The Bertz CT molecular complexity index is 463. The minimum absolute atomic E-state index is 0.393. The van der Waals surface area contributed by atoms with Crippen LogP contribution in [-0.4, -0.2) is 23.5 Å². The number of hydrogen-bond donors (Lipinski definition) is 1. The number of benzene rings is 1. The Morgan fingerprint density at radius 2 is 1.86 bits per heavy atom. The molecule has 0 bridgehead atoms. The Hall–Kier alpha value is -1.07. The van der Waals surface area contributed by atoms with Gasteiger partial charge in [0.2, 0.25) is 0 Å². The lowest BCUT2D eigenvalue weighted by Gasteiger charge is -2.40. The molecular formula is C16H23F3N2. The van der Waals surface area contributed by atoms with Crippen molar-refractivity contribution in [2.45, 2.75) is 57.4 Å². The lowest BCUT2D eigenvalue weighted by atomic mass is 9.95. The summed E-state index contributed by atoms with van der Waals surface area (Å²) in [4.78, 5) is 2.31. The van der Waals surface area contributed by atoms with Gasteiger partial charge >= 0.3 is 6.18 Å². The number of rotatable bonds is 3. The van der Waals surface area contributed by atoms with Crippen molar-refractivity contribution >= 4 is 0 Å². The van der Waals surface area contributed by atoms with Gasteiger partial charge in [-0.25, -0.2) is 0 Å². The van der Waals surface area contributed by atoms with Gasteiger partial charge in [0.15, 0.2) is 0 Å². The zero-order valence-electron chi connectivity index (χ0n) is 12.5. The van der Waals surface area contributed by atoms with Crippen LogP contribution in [0.2, 0.25) is 0 Å². The van der Waals surface area contributed by atoms with E-state index in [2.05, 4.69) is 18.7 Å². The summed E-state index contributed by atoms with van der Waals surface area (Å²) in [6, 6.07) is 5.85. The molecule has 118 valence electrons. The average molecular weight is 300 g/mol. The Balaban J connectivity index is 2.11. The van der Waals surface area contributed by atoms with Gasteiger partial charge in [-0.2, -0.15) is 13.2 Å². The molecule has 2 rings (SSSR count). The number of likely N-dealkylation sites (tertiary alicyclic amines) is 1. The summed E-state index contributed by atoms with van der Waals surface area (Å²) < 4.78 is 38.3. The van der Waals surface area contributed by atoms with Gasteiger partial charge in [0.25, 0.3) is 0 Å². The van der Waals surface area contributed by atoms with E-state index in [4.69, 9.17) is 5.73 Å². The molecule has 0 aromatic heterocycles. The fraction of sp³-hybridized carbons (Fsp3) is 0.625. The number of nitrogens with zero attached hydrogens (tertiary/aromatic N) is 1. The molecule has 21 heavy (non-hydrogen) atoms. The van der Waals surface area contributed by atoms with Crippen molar-refractivity contribution in [3.63, 3.8) is 0 Å². The van der Waals surface area contributed by atoms with Crippen molar-refractivity contribution in [2.75, 3.05) is 6.54 Å². The van der Waals surface area contributed by atoms with Gasteiger partial charge < -0.3 is 5.73 Å². The molecule has 0 radical (unpaired) electrons. The first kappa shape index (κ1) is 16.3. The topological polar surface area (TPSA) is 29.3 Å². The molecule has 1 heterocycles. The predicted molar refractivity (Wildman–Crippen MR) is 77.9 cm³/mol. The zero-order chi connectivity index (χ0) is 15.6. The summed E-state index contributed by atoms with van der Waals surface area (Å²) in [6.07, 6.45) is -0.863. The zero-order valence-corrected chi connectivity index (χ0v) is 12.5. The summed E-state index contributed by atoms with van der Waals surface area (Å²) in [7, 11) is 0. The van der Waals surface area contributed by atoms with E-state index in [-0.39, 0.29) is 0 Å². The third-order valence-corrected chi connectivity index (χ3v) is 4.43. The lowest BCUT2D eigenvalue weighted by molar-refractivity contribution is -0.137. The van der Waals surface area contributed by atoms with Crippen molar-refractivity contribution in [3.05, 3.63) is 35.4 Å². The number of nitrogens with two attached hydrogens (primary N) is 1. The third kappa shape index (κ3) is 3.98. The fourth-order valence-electron chi connectivity index (χ4n) is 3.11. The van der Waals surface area contributed by atoms with Gasteiger partial charge in [0.1, 0.15) is 0 Å². The number of hydrogen-bond acceptors (Lipinski definition) is 2. The largest absolute Gasteiger partial charge is 0.416 e. The molecule has 1 fully saturated rings. The Labute approximate surface area is 124 Å². The highest BCUT2D eigenvalue weighted by Crippen LogP contribution is 2.31. The van der Waals surface area contributed by atoms with E-state index in [1.165, 1.54) is 18.6 Å². The monoisotopic (exact) mass is 300 g/mol. The van der Waals surface area contributed by atoms with Crippen LogP contribution in [0, 0.1) is 0 Å². The van der Waals surface area contributed by atoms with E-state index in [0.29, 0.717) is 24.2 Å². The number of alkyl halides is 3. The smallest absolute Gasteiger partial charge is 0.323 e. The van der Waals surface area contributed by atoms with Gasteiger partial charge in [-0.15, -0.1) is 0 Å². The molecule has 1 aromatic rings. The first-order valence-corrected chi connectivity index (χ1v) is 7.47. The van der Waals surface area contributed by atoms with Crippen LogP contribution in [0.25, 0.3) is 0 Å². The van der Waals surface area contributed by atoms with Crippen molar-refractivity contribution in [1.82, 2.24) is 4.90 Å². The molecule has 2 nitrogen and oxygen atoms in total. The maximum Gasteiger partial charge on any atom is 0.416 e. The molecule has 2 N–H and O–H groups in total. The minimum Gasteiger partial charge on any atom is -0.323 e. The molecule has 0 spiro atoms. The molecule has 0 saturated carbocycles. The molecule has 0 amide bonds. The van der Waals surface area contributed by atoms with E-state index >= 15 is 0 Å². The summed E-state index contributed by atoms with van der Waals surface area (Å²) in [6.45, 7) is 4.92. The van der Waals surface area contributed by atoms with E-state index in [9.17, 15) is 13.2 Å². The highest BCUT2D eigenvalue weighted by Gasteiger charge is 2.31. The SMILES string of the molecule is CC1CCCC(C)N1CC(N)c1cccc(C(F)(F)F)c1. The van der Waals surface area contributed by atoms with Crippen molar-refractivity contribution in [2.24, 2.45) is 5.73 Å². The lowest BCUT2D eigenvalue weighted by Crippen LogP contribution is -2.46. The third-order valence-electron chi connectivity index (χ3n) is 4.43. The van der Waals surface area contributed by atoms with Crippen LogP contribution in [0.1, 0.15) is 50.3 Å². The molecule has 1 aromatic carbocycles. The molecule has 5 heteroatoms. The van der Waals surface area contributed by atoms with Gasteiger partial charge in [-0.05, 0) is 44.4 Å². The van der Waals surface area contributed by atoms with Crippen LogP contribution in [0.15, 0.2) is 24.3 Å². The maximum atomic E-state index is 12.8. The number of halogens is 3. The highest BCUT2D eigenvalue weighted by molar-refractivity contribution is 5.28. The molecule has 0 aliphatic carbocycles. The van der Waals surface area contributed by atoms with Crippen LogP contribution < -0.4 is 5.73 Å². The fourth-order valence-corrected chi connectivity index (χ4v) is 3.11. The quantitative estimate of drug-likeness (QED) is 0.915. The maximum absolute atomic E-state index is 12.8. The van der Waals surface area contributed by atoms with Gasteiger partial charge in [0, 0.05) is 24.7 Å². The standard InChI is InChI=1S/C16H23F3N2/c1-11-5-3-6-12(2)21(11)10-15(20)13-7-4-8-14(9-13)16(17,18)19/h4,7-9,11-12,15H,3,5-6,10,20H2,1-2H3. The van der Waals surface area contributed by atoms with Crippen molar-refractivity contribution < 1.29 is 13.2 Å². The Morgan fingerprint density at radius 1 is 1.24 bits per heavy atom. The minimum atomic E-state index is -4.32. The second-order valence-electron chi connectivity index (χ2n) is 6.06. The Morgan fingerprint density at radius 3 is 2.43 bits per heavy atom. The van der Waals surface area contributed by atoms with E-state index in [1.54, 1.807) is 6.07 Å². The molecular weight excluding hydrogens is 277 g/mol. The Kier molecular flexibility index (Phi) is 4.94.